The molecule has 0 aromatic heterocycles. The number of amides is 3. The van der Waals surface area contributed by atoms with Gasteiger partial charge in [0.25, 0.3) is 11.8 Å². The Morgan fingerprint density at radius 1 is 1.12 bits per heavy atom. The highest BCUT2D eigenvalue weighted by molar-refractivity contribution is 6.22. The highest BCUT2D eigenvalue weighted by atomic mass is 16.2. The molecule has 3 amide bonds. The molecule has 2 aliphatic rings. The van der Waals surface area contributed by atoms with Crippen molar-refractivity contribution in [2.24, 2.45) is 11.8 Å². The smallest absolute Gasteiger partial charge is 0.262 e. The topological polar surface area (TPSA) is 57.7 Å². The van der Waals surface area contributed by atoms with Crippen LogP contribution in [0.15, 0.2) is 24.3 Å². The third kappa shape index (κ3) is 3.20. The van der Waals surface area contributed by atoms with Crippen LogP contribution in [0, 0.1) is 11.8 Å². The van der Waals surface area contributed by atoms with Crippen LogP contribution >= 0.6 is 0 Å². The summed E-state index contributed by atoms with van der Waals surface area (Å²) in [4.78, 5) is 41.5. The molecular weight excluding hydrogens is 316 g/mol. The number of carbonyl (C=O) groups excluding carboxylic acids is 3. The Labute approximate surface area is 149 Å². The van der Waals surface area contributed by atoms with Gasteiger partial charge in [-0.2, -0.15) is 0 Å². The molecule has 0 spiro atoms. The predicted molar refractivity (Wildman–Crippen MR) is 95.2 cm³/mol. The van der Waals surface area contributed by atoms with Crippen LogP contribution in [-0.2, 0) is 4.79 Å². The van der Waals surface area contributed by atoms with Gasteiger partial charge in [0.2, 0.25) is 5.91 Å². The summed E-state index contributed by atoms with van der Waals surface area (Å²) in [6, 6.07) is 6.04. The van der Waals surface area contributed by atoms with Crippen LogP contribution in [0.4, 0.5) is 0 Å². The molecule has 134 valence electrons. The number of carbonyl (C=O) groups is 3. The summed E-state index contributed by atoms with van der Waals surface area (Å²) in [5.41, 5.74) is 0.786. The van der Waals surface area contributed by atoms with E-state index in [9.17, 15) is 14.4 Å². The first-order chi connectivity index (χ1) is 11.9. The van der Waals surface area contributed by atoms with E-state index in [1.165, 1.54) is 17.7 Å². The molecule has 1 fully saturated rings. The second kappa shape index (κ2) is 6.98. The van der Waals surface area contributed by atoms with Crippen molar-refractivity contribution in [3.05, 3.63) is 35.4 Å². The average Bonchev–Trinajstić information content (AvgIpc) is 3.17. The van der Waals surface area contributed by atoms with E-state index in [-0.39, 0.29) is 23.6 Å². The zero-order valence-electron chi connectivity index (χ0n) is 15.2. The van der Waals surface area contributed by atoms with Gasteiger partial charge in [0.1, 0.15) is 6.04 Å². The lowest BCUT2D eigenvalue weighted by molar-refractivity contribution is -0.136. The van der Waals surface area contributed by atoms with Gasteiger partial charge in [-0.1, -0.05) is 38.8 Å². The largest absolute Gasteiger partial charge is 0.344 e. The molecule has 0 N–H and O–H groups in total. The van der Waals surface area contributed by atoms with E-state index in [0.29, 0.717) is 23.6 Å². The van der Waals surface area contributed by atoms with Crippen LogP contribution in [0.25, 0.3) is 0 Å². The fourth-order valence-corrected chi connectivity index (χ4v) is 4.05. The van der Waals surface area contributed by atoms with Gasteiger partial charge >= 0.3 is 0 Å². The van der Waals surface area contributed by atoms with Gasteiger partial charge in [0.05, 0.1) is 11.1 Å². The van der Waals surface area contributed by atoms with E-state index in [2.05, 4.69) is 0 Å². The predicted octanol–water partition coefficient (Wildman–Crippen LogP) is 2.96. The third-order valence-corrected chi connectivity index (χ3v) is 5.37. The molecule has 1 heterocycles. The summed E-state index contributed by atoms with van der Waals surface area (Å²) in [5, 5.41) is 0. The Morgan fingerprint density at radius 3 is 2.12 bits per heavy atom. The monoisotopic (exact) mass is 342 g/mol. The standard InChI is InChI=1S/C20H26N2O3/c1-13(2)17(20(25)21(3)12-14-8-4-5-9-14)22-18(23)15-10-6-7-11-16(15)19(22)24/h6-7,10-11,13-14,17H,4-5,8-9,12H2,1-3H3/t17-/m0/s1. The molecule has 1 aromatic carbocycles. The van der Waals surface area contributed by atoms with Crippen molar-refractivity contribution in [3.63, 3.8) is 0 Å². The molecule has 0 bridgehead atoms. The van der Waals surface area contributed by atoms with Gasteiger partial charge in [-0.3, -0.25) is 19.3 Å². The van der Waals surface area contributed by atoms with Crippen molar-refractivity contribution < 1.29 is 14.4 Å². The lowest BCUT2D eigenvalue weighted by Crippen LogP contribution is -2.53. The van der Waals surface area contributed by atoms with Gasteiger partial charge < -0.3 is 4.90 Å². The van der Waals surface area contributed by atoms with E-state index in [0.717, 1.165) is 12.8 Å². The Kier molecular flexibility index (Phi) is 4.93. The van der Waals surface area contributed by atoms with Crippen LogP contribution in [0.3, 0.4) is 0 Å². The van der Waals surface area contributed by atoms with Crippen LogP contribution < -0.4 is 0 Å². The number of fused-ring (bicyclic) bond motifs is 1. The number of benzene rings is 1. The first-order valence-corrected chi connectivity index (χ1v) is 9.13. The van der Waals surface area contributed by atoms with Crippen molar-refractivity contribution >= 4 is 17.7 Å². The van der Waals surface area contributed by atoms with Crippen LogP contribution in [0.5, 0.6) is 0 Å². The van der Waals surface area contributed by atoms with Crippen molar-refractivity contribution in [2.45, 2.75) is 45.6 Å². The lowest BCUT2D eigenvalue weighted by atomic mass is 10.00. The minimum atomic E-state index is -0.751. The maximum Gasteiger partial charge on any atom is 0.262 e. The maximum absolute atomic E-state index is 13.1. The number of rotatable bonds is 5. The van der Waals surface area contributed by atoms with E-state index in [1.54, 1.807) is 36.2 Å². The Hall–Kier alpha value is -2.17. The Bertz CT molecular complexity index is 657. The molecule has 0 saturated heterocycles. The zero-order valence-corrected chi connectivity index (χ0v) is 15.2. The summed E-state index contributed by atoms with van der Waals surface area (Å²) < 4.78 is 0. The lowest BCUT2D eigenvalue weighted by Gasteiger charge is -2.32. The fourth-order valence-electron chi connectivity index (χ4n) is 4.05. The minimum Gasteiger partial charge on any atom is -0.344 e. The normalized spacial score (nSPS) is 18.8. The molecule has 1 aliphatic heterocycles. The summed E-state index contributed by atoms with van der Waals surface area (Å²) in [6.45, 7) is 4.47. The summed E-state index contributed by atoms with van der Waals surface area (Å²) >= 11 is 0. The van der Waals surface area contributed by atoms with Gasteiger partial charge in [-0.25, -0.2) is 0 Å². The molecule has 5 nitrogen and oxygen atoms in total. The molecule has 1 aliphatic carbocycles. The molecule has 5 heteroatoms. The van der Waals surface area contributed by atoms with Gasteiger partial charge in [0.15, 0.2) is 0 Å². The van der Waals surface area contributed by atoms with Gasteiger partial charge in [-0.15, -0.1) is 0 Å². The first-order valence-electron chi connectivity index (χ1n) is 9.13. The number of hydrogen-bond acceptors (Lipinski definition) is 3. The van der Waals surface area contributed by atoms with Crippen molar-refractivity contribution in [1.82, 2.24) is 9.80 Å². The molecule has 1 aromatic rings. The molecule has 3 rings (SSSR count). The number of imide groups is 1. The third-order valence-electron chi connectivity index (χ3n) is 5.37. The molecular formula is C20H26N2O3. The average molecular weight is 342 g/mol. The van der Waals surface area contributed by atoms with Crippen LogP contribution in [-0.4, -0.2) is 47.2 Å². The molecule has 25 heavy (non-hydrogen) atoms. The maximum atomic E-state index is 13.1. The summed E-state index contributed by atoms with van der Waals surface area (Å²) in [6.07, 6.45) is 4.74. The van der Waals surface area contributed by atoms with Crippen LogP contribution in [0.1, 0.15) is 60.2 Å². The number of likely N-dealkylation sites (N-methyl/N-ethyl adjacent to an activating group) is 1. The highest BCUT2D eigenvalue weighted by Crippen LogP contribution is 2.29. The zero-order chi connectivity index (χ0) is 18.1. The molecule has 0 radical (unpaired) electrons. The highest BCUT2D eigenvalue weighted by Gasteiger charge is 2.44. The fraction of sp³-hybridized carbons (Fsp3) is 0.550. The van der Waals surface area contributed by atoms with E-state index in [1.807, 2.05) is 13.8 Å². The van der Waals surface area contributed by atoms with Gasteiger partial charge in [-0.05, 0) is 36.8 Å². The molecule has 1 atom stereocenters. The summed E-state index contributed by atoms with van der Waals surface area (Å²) in [7, 11) is 1.79. The quantitative estimate of drug-likeness (QED) is 0.773. The van der Waals surface area contributed by atoms with Crippen molar-refractivity contribution in [2.75, 3.05) is 13.6 Å². The number of hydrogen-bond donors (Lipinski definition) is 0. The van der Waals surface area contributed by atoms with E-state index < -0.39 is 6.04 Å². The van der Waals surface area contributed by atoms with Crippen molar-refractivity contribution in [3.8, 4) is 0 Å². The van der Waals surface area contributed by atoms with Crippen LogP contribution in [0.2, 0.25) is 0 Å². The van der Waals surface area contributed by atoms with E-state index in [4.69, 9.17) is 0 Å². The molecule has 1 saturated carbocycles. The van der Waals surface area contributed by atoms with E-state index >= 15 is 0 Å². The van der Waals surface area contributed by atoms with Gasteiger partial charge in [0, 0.05) is 13.6 Å². The second-order valence-corrected chi connectivity index (χ2v) is 7.58. The minimum absolute atomic E-state index is 0.138. The van der Waals surface area contributed by atoms with Crippen molar-refractivity contribution in [1.29, 1.82) is 0 Å². The first kappa shape index (κ1) is 17.6. The SMILES string of the molecule is CC(C)[C@@H](C(=O)N(C)CC1CCCC1)N1C(=O)c2ccccc2C1=O. The Morgan fingerprint density at radius 2 is 1.64 bits per heavy atom. The number of nitrogens with zero attached hydrogens (tertiary/aromatic N) is 2. The Balaban J connectivity index is 1.83. The summed E-state index contributed by atoms with van der Waals surface area (Å²) in [5.74, 6) is -0.468. The second-order valence-electron chi connectivity index (χ2n) is 7.58. The molecule has 0 unspecified atom stereocenters.